The molecule has 0 aliphatic carbocycles. The maximum atomic E-state index is 12.5. The van der Waals surface area contributed by atoms with Gasteiger partial charge in [-0.05, 0) is 51.4 Å². The number of hydrogen-bond acceptors (Lipinski definition) is 5. The van der Waals surface area contributed by atoms with Crippen molar-refractivity contribution in [3.63, 3.8) is 0 Å². The van der Waals surface area contributed by atoms with Crippen molar-refractivity contribution in [3.05, 3.63) is 12.2 Å². The molecule has 0 aliphatic heterocycles. The SMILES string of the molecule is CCCCCCCCC/C=C\CCCCCCCCCC(=O)OCCCCCCCCCCCCCC(=O)NC(CO)C(O)CCCCCCCCCCCCCCCCC. The van der Waals surface area contributed by atoms with Gasteiger partial charge < -0.3 is 20.3 Å². The number of aliphatic hydroxyl groups is 2. The van der Waals surface area contributed by atoms with Crippen molar-refractivity contribution in [2.75, 3.05) is 13.2 Å². The van der Waals surface area contributed by atoms with Crippen molar-refractivity contribution in [2.24, 2.45) is 0 Å². The van der Waals surface area contributed by atoms with Crippen LogP contribution in [0.2, 0.25) is 0 Å². The summed E-state index contributed by atoms with van der Waals surface area (Å²) in [6.07, 6.45) is 59.0. The highest BCUT2D eigenvalue weighted by molar-refractivity contribution is 5.76. The van der Waals surface area contributed by atoms with E-state index in [4.69, 9.17) is 4.74 Å². The van der Waals surface area contributed by atoms with Crippen LogP contribution >= 0.6 is 0 Å². The van der Waals surface area contributed by atoms with E-state index in [1.165, 1.54) is 212 Å². The molecule has 0 radical (unpaired) electrons. The predicted molar refractivity (Wildman–Crippen MR) is 264 cm³/mol. The van der Waals surface area contributed by atoms with Crippen molar-refractivity contribution < 1.29 is 24.5 Å². The van der Waals surface area contributed by atoms with Crippen LogP contribution in [0.4, 0.5) is 0 Å². The molecular formula is C55H107NO5. The number of allylic oxidation sites excluding steroid dienone is 2. The molecule has 6 heteroatoms. The van der Waals surface area contributed by atoms with E-state index in [9.17, 15) is 19.8 Å². The van der Waals surface area contributed by atoms with Crippen LogP contribution in [-0.2, 0) is 14.3 Å². The fourth-order valence-electron chi connectivity index (χ4n) is 8.58. The summed E-state index contributed by atoms with van der Waals surface area (Å²) in [6.45, 7) is 4.92. The molecule has 0 fully saturated rings. The fraction of sp³-hybridized carbons (Fsp3) is 0.927. The Kier molecular flexibility index (Phi) is 50.1. The third-order valence-corrected chi connectivity index (χ3v) is 12.8. The monoisotopic (exact) mass is 862 g/mol. The number of ether oxygens (including phenoxy) is 1. The van der Waals surface area contributed by atoms with Crippen LogP contribution in [0.1, 0.15) is 303 Å². The lowest BCUT2D eigenvalue weighted by molar-refractivity contribution is -0.143. The Hall–Kier alpha value is -1.40. The van der Waals surface area contributed by atoms with Crippen LogP contribution < -0.4 is 5.32 Å². The van der Waals surface area contributed by atoms with E-state index in [0.29, 0.717) is 25.9 Å². The number of unbranched alkanes of at least 4 members (excludes halogenated alkanes) is 38. The van der Waals surface area contributed by atoms with Gasteiger partial charge in [-0.3, -0.25) is 9.59 Å². The predicted octanol–water partition coefficient (Wildman–Crippen LogP) is 16.5. The maximum absolute atomic E-state index is 12.5. The van der Waals surface area contributed by atoms with Gasteiger partial charge in [0.1, 0.15) is 0 Å². The molecule has 61 heavy (non-hydrogen) atoms. The number of esters is 1. The highest BCUT2D eigenvalue weighted by Gasteiger charge is 2.20. The third-order valence-electron chi connectivity index (χ3n) is 12.8. The molecule has 0 aromatic rings. The Balaban J connectivity index is 3.45. The maximum Gasteiger partial charge on any atom is 0.305 e. The third kappa shape index (κ3) is 47.9. The molecule has 0 aromatic carbocycles. The van der Waals surface area contributed by atoms with Gasteiger partial charge in [0.15, 0.2) is 0 Å². The van der Waals surface area contributed by atoms with Crippen molar-refractivity contribution in [1.82, 2.24) is 5.32 Å². The molecule has 0 aromatic heterocycles. The summed E-state index contributed by atoms with van der Waals surface area (Å²) in [7, 11) is 0. The molecule has 0 heterocycles. The zero-order valence-electron chi connectivity index (χ0n) is 41.2. The van der Waals surface area contributed by atoms with Gasteiger partial charge in [0.25, 0.3) is 0 Å². The number of carbonyl (C=O) groups is 2. The molecular weight excluding hydrogens is 755 g/mol. The van der Waals surface area contributed by atoms with E-state index in [-0.39, 0.29) is 18.5 Å². The summed E-state index contributed by atoms with van der Waals surface area (Å²) < 4.78 is 5.47. The molecule has 0 spiro atoms. The minimum absolute atomic E-state index is 0.0159. The zero-order valence-corrected chi connectivity index (χ0v) is 41.2. The Labute approximate surface area is 380 Å². The minimum atomic E-state index is -0.676. The van der Waals surface area contributed by atoms with Gasteiger partial charge in [0, 0.05) is 12.8 Å². The number of nitrogens with one attached hydrogen (secondary N) is 1. The number of rotatable bonds is 51. The van der Waals surface area contributed by atoms with E-state index in [1.807, 2.05) is 0 Å². The summed E-state index contributed by atoms with van der Waals surface area (Å²) >= 11 is 0. The average molecular weight is 862 g/mol. The van der Waals surface area contributed by atoms with Crippen molar-refractivity contribution in [2.45, 2.75) is 315 Å². The first-order valence-corrected chi connectivity index (χ1v) is 27.4. The summed E-state index contributed by atoms with van der Waals surface area (Å²) in [6, 6.07) is -0.555. The summed E-state index contributed by atoms with van der Waals surface area (Å²) in [5.74, 6) is -0.0682. The molecule has 0 saturated heterocycles. The van der Waals surface area contributed by atoms with Crippen LogP contribution in [-0.4, -0.2) is 47.4 Å². The topological polar surface area (TPSA) is 95.9 Å². The second kappa shape index (κ2) is 51.2. The number of hydrogen-bond donors (Lipinski definition) is 3. The molecule has 0 aliphatic rings. The second-order valence-electron chi connectivity index (χ2n) is 18.9. The molecule has 0 bridgehead atoms. The van der Waals surface area contributed by atoms with E-state index < -0.39 is 12.1 Å². The quantitative estimate of drug-likeness (QED) is 0.0322. The Morgan fingerprint density at radius 2 is 0.770 bits per heavy atom. The molecule has 0 saturated carbocycles. The van der Waals surface area contributed by atoms with Gasteiger partial charge >= 0.3 is 5.97 Å². The lowest BCUT2D eigenvalue weighted by Gasteiger charge is -2.22. The molecule has 0 rings (SSSR count). The molecule has 362 valence electrons. The van der Waals surface area contributed by atoms with Gasteiger partial charge in [-0.2, -0.15) is 0 Å². The number of carbonyl (C=O) groups excluding carboxylic acids is 2. The fourth-order valence-corrected chi connectivity index (χ4v) is 8.58. The Bertz CT molecular complexity index is 909. The Morgan fingerprint density at radius 3 is 1.16 bits per heavy atom. The first-order valence-electron chi connectivity index (χ1n) is 27.4. The van der Waals surface area contributed by atoms with E-state index >= 15 is 0 Å². The second-order valence-corrected chi connectivity index (χ2v) is 18.9. The first kappa shape index (κ1) is 59.6. The first-order chi connectivity index (χ1) is 30.0. The van der Waals surface area contributed by atoms with Crippen LogP contribution in [0.5, 0.6) is 0 Å². The van der Waals surface area contributed by atoms with E-state index in [0.717, 1.165) is 57.8 Å². The normalized spacial score (nSPS) is 12.7. The number of amides is 1. The average Bonchev–Trinajstić information content (AvgIpc) is 3.26. The van der Waals surface area contributed by atoms with E-state index in [1.54, 1.807) is 0 Å². The molecule has 1 amide bonds. The zero-order chi connectivity index (χ0) is 44.4. The van der Waals surface area contributed by atoms with Crippen molar-refractivity contribution >= 4 is 11.9 Å². The molecule has 3 N–H and O–H groups in total. The number of aliphatic hydroxyl groups excluding tert-OH is 2. The minimum Gasteiger partial charge on any atom is -0.466 e. The largest absolute Gasteiger partial charge is 0.466 e. The standard InChI is InChI=1S/C55H107NO5/c1-3-5-7-9-11-13-15-17-19-20-21-23-25-29-33-37-41-45-49-55(60)61-50-46-42-38-34-30-26-28-32-36-40-44-48-54(59)56-52(51-57)53(58)47-43-39-35-31-27-24-22-18-16-14-12-10-8-6-4-2/h19-20,52-53,57-58H,3-18,21-51H2,1-2H3,(H,56,59)/b20-19-. The highest BCUT2D eigenvalue weighted by Crippen LogP contribution is 2.17. The van der Waals surface area contributed by atoms with Gasteiger partial charge in [-0.1, -0.05) is 251 Å². The van der Waals surface area contributed by atoms with Crippen LogP contribution in [0.3, 0.4) is 0 Å². The Morgan fingerprint density at radius 1 is 0.443 bits per heavy atom. The van der Waals surface area contributed by atoms with E-state index in [2.05, 4.69) is 31.3 Å². The van der Waals surface area contributed by atoms with Crippen LogP contribution in [0.25, 0.3) is 0 Å². The summed E-state index contributed by atoms with van der Waals surface area (Å²) in [5.41, 5.74) is 0. The van der Waals surface area contributed by atoms with Gasteiger partial charge in [-0.15, -0.1) is 0 Å². The van der Waals surface area contributed by atoms with Crippen molar-refractivity contribution in [1.29, 1.82) is 0 Å². The van der Waals surface area contributed by atoms with Gasteiger partial charge in [0.05, 0.1) is 25.4 Å². The van der Waals surface area contributed by atoms with Crippen LogP contribution in [0.15, 0.2) is 12.2 Å². The summed E-state index contributed by atoms with van der Waals surface area (Å²) in [4.78, 5) is 24.5. The van der Waals surface area contributed by atoms with Crippen molar-refractivity contribution in [3.8, 4) is 0 Å². The highest BCUT2D eigenvalue weighted by atomic mass is 16.5. The molecule has 6 nitrogen and oxygen atoms in total. The molecule has 2 unspecified atom stereocenters. The van der Waals surface area contributed by atoms with Gasteiger partial charge in [-0.25, -0.2) is 0 Å². The smallest absolute Gasteiger partial charge is 0.305 e. The molecule has 2 atom stereocenters. The van der Waals surface area contributed by atoms with Gasteiger partial charge in [0.2, 0.25) is 5.91 Å². The summed E-state index contributed by atoms with van der Waals surface area (Å²) in [5, 5.41) is 23.2. The van der Waals surface area contributed by atoms with Crippen LogP contribution in [0, 0.1) is 0 Å². The lowest BCUT2D eigenvalue weighted by atomic mass is 10.0. The lowest BCUT2D eigenvalue weighted by Crippen LogP contribution is -2.45.